The summed E-state index contributed by atoms with van der Waals surface area (Å²) in [5, 5.41) is 12.6. The average Bonchev–Trinajstić information content (AvgIpc) is 2.96. The standard InChI is InChI=1S/C30H27NO6/c32-17-21-10-12-22(13-11-21)18-36-28-15-23(25-19-35-26-9-5-4-8-24(26)29(25)33)14-27(37-28)30(34)31-16-20-6-2-1-3-7-20/h1-14,19,23,28,32H,15-18H2,(H,31,34)/t23-,28+/m0/s1. The van der Waals surface area contributed by atoms with Gasteiger partial charge in [0.1, 0.15) is 5.58 Å². The van der Waals surface area contributed by atoms with Gasteiger partial charge in [-0.05, 0) is 34.9 Å². The maximum absolute atomic E-state index is 13.3. The Morgan fingerprint density at radius 3 is 2.46 bits per heavy atom. The van der Waals surface area contributed by atoms with Crippen LogP contribution in [0.3, 0.4) is 0 Å². The molecule has 0 fully saturated rings. The molecule has 0 saturated heterocycles. The Labute approximate surface area is 214 Å². The van der Waals surface area contributed by atoms with E-state index in [4.69, 9.17) is 13.9 Å². The molecule has 1 aliphatic heterocycles. The van der Waals surface area contributed by atoms with E-state index >= 15 is 0 Å². The molecular weight excluding hydrogens is 470 g/mol. The zero-order chi connectivity index (χ0) is 25.6. The van der Waals surface area contributed by atoms with E-state index in [9.17, 15) is 14.7 Å². The van der Waals surface area contributed by atoms with E-state index in [1.165, 1.54) is 6.26 Å². The number of nitrogens with one attached hydrogen (secondary N) is 1. The van der Waals surface area contributed by atoms with Crippen molar-refractivity contribution in [3.8, 4) is 0 Å². The highest BCUT2D eigenvalue weighted by Crippen LogP contribution is 2.31. The second-order valence-corrected chi connectivity index (χ2v) is 8.89. The monoisotopic (exact) mass is 497 g/mol. The maximum atomic E-state index is 13.3. The van der Waals surface area contributed by atoms with Crippen molar-refractivity contribution in [2.24, 2.45) is 0 Å². The first-order valence-corrected chi connectivity index (χ1v) is 12.1. The molecule has 7 nitrogen and oxygen atoms in total. The second kappa shape index (κ2) is 11.2. The van der Waals surface area contributed by atoms with Crippen LogP contribution in [0.1, 0.15) is 34.6 Å². The summed E-state index contributed by atoms with van der Waals surface area (Å²) in [4.78, 5) is 26.3. The highest BCUT2D eigenvalue weighted by molar-refractivity contribution is 5.91. The van der Waals surface area contributed by atoms with Crippen LogP contribution in [-0.4, -0.2) is 17.3 Å². The molecule has 2 heterocycles. The summed E-state index contributed by atoms with van der Waals surface area (Å²) < 4.78 is 17.7. The molecule has 0 spiro atoms. The molecule has 4 aromatic rings. The van der Waals surface area contributed by atoms with Gasteiger partial charge in [-0.2, -0.15) is 0 Å². The minimum atomic E-state index is -0.754. The lowest BCUT2D eigenvalue weighted by atomic mass is 9.93. The van der Waals surface area contributed by atoms with Gasteiger partial charge in [0.2, 0.25) is 6.29 Å². The number of fused-ring (bicyclic) bond motifs is 1. The zero-order valence-corrected chi connectivity index (χ0v) is 20.1. The third kappa shape index (κ3) is 5.80. The van der Waals surface area contributed by atoms with E-state index in [0.717, 1.165) is 16.7 Å². The second-order valence-electron chi connectivity index (χ2n) is 8.89. The number of ether oxygens (including phenoxy) is 2. The van der Waals surface area contributed by atoms with Crippen LogP contribution in [0, 0.1) is 0 Å². The number of carbonyl (C=O) groups excluding carboxylic acids is 1. The fraction of sp³-hybridized carbons (Fsp3) is 0.200. The Kier molecular flexibility index (Phi) is 7.44. The lowest BCUT2D eigenvalue weighted by Crippen LogP contribution is -2.33. The smallest absolute Gasteiger partial charge is 0.286 e. The Bertz CT molecular complexity index is 1460. The predicted octanol–water partition coefficient (Wildman–Crippen LogP) is 4.53. The van der Waals surface area contributed by atoms with Crippen LogP contribution in [0.15, 0.2) is 106 Å². The SMILES string of the molecule is O=C(NCc1ccccc1)C1=C[C@H](c2coc3ccccc3c2=O)C[C@H](OCc2ccc(CO)cc2)O1. The number of rotatable bonds is 8. The highest BCUT2D eigenvalue weighted by atomic mass is 16.7. The van der Waals surface area contributed by atoms with Gasteiger partial charge in [0.15, 0.2) is 11.2 Å². The van der Waals surface area contributed by atoms with Crippen molar-refractivity contribution in [1.82, 2.24) is 5.32 Å². The van der Waals surface area contributed by atoms with Crippen LogP contribution in [-0.2, 0) is 34.0 Å². The Morgan fingerprint density at radius 1 is 0.946 bits per heavy atom. The van der Waals surface area contributed by atoms with Crippen LogP contribution in [0.25, 0.3) is 11.0 Å². The van der Waals surface area contributed by atoms with Crippen molar-refractivity contribution < 1.29 is 23.8 Å². The summed E-state index contributed by atoms with van der Waals surface area (Å²) in [5.41, 5.74) is 3.46. The highest BCUT2D eigenvalue weighted by Gasteiger charge is 2.30. The topological polar surface area (TPSA) is 98.0 Å². The number of allylic oxidation sites excluding steroid dienone is 1. The molecular formula is C30H27NO6. The van der Waals surface area contributed by atoms with Crippen LogP contribution < -0.4 is 10.7 Å². The molecule has 0 aliphatic carbocycles. The van der Waals surface area contributed by atoms with Crippen molar-refractivity contribution in [2.75, 3.05) is 0 Å². The van der Waals surface area contributed by atoms with Gasteiger partial charge in [-0.15, -0.1) is 0 Å². The normalized spacial score (nSPS) is 17.2. The van der Waals surface area contributed by atoms with Gasteiger partial charge in [-0.1, -0.05) is 66.7 Å². The number of benzene rings is 3. The van der Waals surface area contributed by atoms with Gasteiger partial charge in [0.25, 0.3) is 5.91 Å². The zero-order valence-electron chi connectivity index (χ0n) is 20.1. The van der Waals surface area contributed by atoms with E-state index in [0.29, 0.717) is 29.5 Å². The molecule has 1 amide bonds. The molecule has 1 aliphatic rings. The van der Waals surface area contributed by atoms with Gasteiger partial charge in [-0.25, -0.2) is 0 Å². The summed E-state index contributed by atoms with van der Waals surface area (Å²) >= 11 is 0. The fourth-order valence-electron chi connectivity index (χ4n) is 4.28. The summed E-state index contributed by atoms with van der Waals surface area (Å²) in [6, 6.07) is 24.0. The summed E-state index contributed by atoms with van der Waals surface area (Å²) in [5.74, 6) is -0.728. The number of carbonyl (C=O) groups is 1. The molecule has 2 atom stereocenters. The van der Waals surface area contributed by atoms with Crippen molar-refractivity contribution in [2.45, 2.75) is 38.4 Å². The minimum Gasteiger partial charge on any atom is -0.464 e. The quantitative estimate of drug-likeness (QED) is 0.371. The summed E-state index contributed by atoms with van der Waals surface area (Å²) in [6.07, 6.45) is 2.71. The number of para-hydroxylation sites is 1. The van der Waals surface area contributed by atoms with Crippen molar-refractivity contribution >= 4 is 16.9 Å². The van der Waals surface area contributed by atoms with Gasteiger partial charge in [0.05, 0.1) is 24.9 Å². The van der Waals surface area contributed by atoms with E-state index in [2.05, 4.69) is 5.32 Å². The molecule has 37 heavy (non-hydrogen) atoms. The maximum Gasteiger partial charge on any atom is 0.286 e. The molecule has 5 rings (SSSR count). The Morgan fingerprint density at radius 2 is 1.68 bits per heavy atom. The van der Waals surface area contributed by atoms with E-state index in [-0.39, 0.29) is 30.3 Å². The van der Waals surface area contributed by atoms with Crippen LogP contribution in [0.5, 0.6) is 0 Å². The van der Waals surface area contributed by atoms with Gasteiger partial charge in [0, 0.05) is 24.4 Å². The van der Waals surface area contributed by atoms with Gasteiger partial charge in [-0.3, -0.25) is 9.59 Å². The van der Waals surface area contributed by atoms with Gasteiger partial charge < -0.3 is 24.3 Å². The van der Waals surface area contributed by atoms with Crippen LogP contribution in [0.2, 0.25) is 0 Å². The third-order valence-electron chi connectivity index (χ3n) is 6.32. The molecule has 2 N–H and O–H groups in total. The predicted molar refractivity (Wildman–Crippen MR) is 138 cm³/mol. The van der Waals surface area contributed by atoms with Crippen molar-refractivity contribution in [1.29, 1.82) is 0 Å². The van der Waals surface area contributed by atoms with Crippen LogP contribution in [0.4, 0.5) is 0 Å². The number of hydrogen-bond donors (Lipinski definition) is 2. The Balaban J connectivity index is 1.38. The average molecular weight is 498 g/mol. The van der Waals surface area contributed by atoms with Crippen molar-refractivity contribution in [3.63, 3.8) is 0 Å². The van der Waals surface area contributed by atoms with Crippen LogP contribution >= 0.6 is 0 Å². The van der Waals surface area contributed by atoms with E-state index < -0.39 is 12.2 Å². The third-order valence-corrected chi connectivity index (χ3v) is 6.32. The molecule has 7 heteroatoms. The molecule has 0 saturated carbocycles. The number of amides is 1. The van der Waals surface area contributed by atoms with E-state index in [1.807, 2.05) is 60.7 Å². The molecule has 3 aromatic carbocycles. The molecule has 0 bridgehead atoms. The number of aliphatic hydroxyl groups is 1. The van der Waals surface area contributed by atoms with E-state index in [1.54, 1.807) is 24.3 Å². The molecule has 0 radical (unpaired) electrons. The first kappa shape index (κ1) is 24.5. The summed E-state index contributed by atoms with van der Waals surface area (Å²) in [7, 11) is 0. The van der Waals surface area contributed by atoms with Crippen molar-refractivity contribution in [3.05, 3.63) is 129 Å². The first-order valence-electron chi connectivity index (χ1n) is 12.1. The molecule has 1 aromatic heterocycles. The lowest BCUT2D eigenvalue weighted by molar-refractivity contribution is -0.150. The molecule has 0 unspecified atom stereocenters. The first-order chi connectivity index (χ1) is 18.1. The minimum absolute atomic E-state index is 0.0326. The fourth-order valence-corrected chi connectivity index (χ4v) is 4.28. The molecule has 188 valence electrons. The largest absolute Gasteiger partial charge is 0.464 e. The Hall–Kier alpha value is -4.20. The summed E-state index contributed by atoms with van der Waals surface area (Å²) in [6.45, 7) is 0.551. The number of aliphatic hydroxyl groups excluding tert-OH is 1. The lowest BCUT2D eigenvalue weighted by Gasteiger charge is -2.29. The number of hydrogen-bond acceptors (Lipinski definition) is 6. The van der Waals surface area contributed by atoms with Gasteiger partial charge >= 0.3 is 0 Å².